The molecule has 0 bridgehead atoms. The summed E-state index contributed by atoms with van der Waals surface area (Å²) in [6, 6.07) is 5.02. The van der Waals surface area contributed by atoms with Crippen LogP contribution in [0, 0.1) is 13.8 Å². The van der Waals surface area contributed by atoms with Crippen molar-refractivity contribution in [1.29, 1.82) is 0 Å². The fourth-order valence-corrected chi connectivity index (χ4v) is 3.74. The maximum atomic E-state index is 3.60. The Bertz CT molecular complexity index is 373. The molecule has 0 saturated carbocycles. The van der Waals surface area contributed by atoms with Gasteiger partial charge in [-0.25, -0.2) is 0 Å². The molecule has 1 aromatic rings. The van der Waals surface area contributed by atoms with E-state index in [-0.39, 0.29) is 0 Å². The summed E-state index contributed by atoms with van der Waals surface area (Å²) in [6.45, 7) is 9.98. The highest BCUT2D eigenvalue weighted by atomic mass is 32.2. The normalized spacial score (nSPS) is 24.3. The van der Waals surface area contributed by atoms with Crippen LogP contribution in [0.2, 0.25) is 0 Å². The average molecular weight is 221 g/mol. The topological polar surface area (TPSA) is 12.0 Å². The smallest absolute Gasteiger partial charge is 0.0455 e. The van der Waals surface area contributed by atoms with E-state index in [9.17, 15) is 0 Å². The van der Waals surface area contributed by atoms with Crippen LogP contribution < -0.4 is 5.32 Å². The second kappa shape index (κ2) is 4.18. The van der Waals surface area contributed by atoms with Crippen LogP contribution >= 0.6 is 11.8 Å². The first-order chi connectivity index (χ1) is 7.15. The lowest BCUT2D eigenvalue weighted by molar-refractivity contribution is 0.550. The fourth-order valence-electron chi connectivity index (χ4n) is 2.33. The van der Waals surface area contributed by atoms with Crippen LogP contribution in [-0.2, 0) is 0 Å². The molecule has 1 aliphatic rings. The van der Waals surface area contributed by atoms with Gasteiger partial charge in [0.05, 0.1) is 0 Å². The maximum Gasteiger partial charge on any atom is 0.0455 e. The molecule has 0 spiro atoms. The molecule has 2 atom stereocenters. The fraction of sp³-hybridized carbons (Fsp3) is 0.538. The maximum absolute atomic E-state index is 3.60. The van der Waals surface area contributed by atoms with Crippen molar-refractivity contribution in [1.82, 2.24) is 5.32 Å². The summed E-state index contributed by atoms with van der Waals surface area (Å²) in [7, 11) is 0. The number of hydrogen-bond acceptors (Lipinski definition) is 2. The first-order valence-corrected chi connectivity index (χ1v) is 6.53. The predicted octanol–water partition coefficient (Wildman–Crippen LogP) is 3.45. The summed E-state index contributed by atoms with van der Waals surface area (Å²) >= 11 is 2.02. The number of nitrogens with one attached hydrogen (secondary N) is 1. The van der Waals surface area contributed by atoms with E-state index >= 15 is 0 Å². The largest absolute Gasteiger partial charge is 0.309 e. The summed E-state index contributed by atoms with van der Waals surface area (Å²) in [5.41, 5.74) is 4.39. The number of aryl methyl sites for hydroxylation is 2. The molecule has 0 fully saturated rings. The third-order valence-corrected chi connectivity index (χ3v) is 4.54. The molecule has 15 heavy (non-hydrogen) atoms. The van der Waals surface area contributed by atoms with Crippen LogP contribution in [0.5, 0.6) is 0 Å². The number of hydrogen-bond donors (Lipinski definition) is 1. The molecular formula is C13H19NS. The van der Waals surface area contributed by atoms with Crippen molar-refractivity contribution < 1.29 is 0 Å². The summed E-state index contributed by atoms with van der Waals surface area (Å²) < 4.78 is 0. The number of thioether (sulfide) groups is 1. The highest BCUT2D eigenvalue weighted by molar-refractivity contribution is 8.00. The van der Waals surface area contributed by atoms with Crippen molar-refractivity contribution in [2.24, 2.45) is 0 Å². The van der Waals surface area contributed by atoms with E-state index in [1.807, 2.05) is 11.8 Å². The molecule has 2 rings (SSSR count). The van der Waals surface area contributed by atoms with Gasteiger partial charge in [0.15, 0.2) is 0 Å². The Labute approximate surface area is 96.7 Å². The van der Waals surface area contributed by atoms with Crippen molar-refractivity contribution in [3.8, 4) is 0 Å². The van der Waals surface area contributed by atoms with Gasteiger partial charge in [-0.1, -0.05) is 26.0 Å². The van der Waals surface area contributed by atoms with E-state index in [0.29, 0.717) is 11.3 Å². The van der Waals surface area contributed by atoms with Crippen LogP contribution in [0.15, 0.2) is 17.0 Å². The summed E-state index contributed by atoms with van der Waals surface area (Å²) in [5.74, 6) is 0. The molecule has 2 heteroatoms. The third-order valence-electron chi connectivity index (χ3n) is 3.12. The van der Waals surface area contributed by atoms with Crippen molar-refractivity contribution in [3.63, 3.8) is 0 Å². The van der Waals surface area contributed by atoms with Crippen molar-refractivity contribution >= 4 is 11.8 Å². The van der Waals surface area contributed by atoms with Gasteiger partial charge in [-0.2, -0.15) is 0 Å². The van der Waals surface area contributed by atoms with Crippen LogP contribution in [0.1, 0.15) is 36.6 Å². The van der Waals surface area contributed by atoms with E-state index < -0.39 is 0 Å². The molecule has 1 heterocycles. The molecule has 0 aromatic heterocycles. The molecule has 1 aliphatic heterocycles. The van der Waals surface area contributed by atoms with E-state index in [1.165, 1.54) is 21.6 Å². The third kappa shape index (κ3) is 1.81. The number of benzene rings is 1. The van der Waals surface area contributed by atoms with Gasteiger partial charge in [0.1, 0.15) is 0 Å². The Morgan fingerprint density at radius 3 is 2.60 bits per heavy atom. The van der Waals surface area contributed by atoms with Crippen LogP contribution in [0.4, 0.5) is 0 Å². The van der Waals surface area contributed by atoms with Crippen LogP contribution in [-0.4, -0.2) is 11.8 Å². The lowest BCUT2D eigenvalue weighted by Gasteiger charge is -2.18. The Morgan fingerprint density at radius 2 is 1.93 bits per heavy atom. The van der Waals surface area contributed by atoms with Crippen LogP contribution in [0.25, 0.3) is 0 Å². The first-order valence-electron chi connectivity index (χ1n) is 5.65. The van der Waals surface area contributed by atoms with Gasteiger partial charge in [0.25, 0.3) is 0 Å². The SMILES string of the molecule is CCNC1c2c(C)ccc(C)c2SC1C. The van der Waals surface area contributed by atoms with Crippen LogP contribution in [0.3, 0.4) is 0 Å². The van der Waals surface area contributed by atoms with Gasteiger partial charge in [-0.05, 0) is 37.1 Å². The second-order valence-electron chi connectivity index (χ2n) is 4.30. The Kier molecular flexibility index (Phi) is 3.08. The predicted molar refractivity (Wildman–Crippen MR) is 67.7 cm³/mol. The quantitative estimate of drug-likeness (QED) is 0.821. The molecule has 0 saturated heterocycles. The van der Waals surface area contributed by atoms with Gasteiger partial charge in [-0.3, -0.25) is 0 Å². The molecule has 0 radical (unpaired) electrons. The zero-order valence-electron chi connectivity index (χ0n) is 9.92. The summed E-state index contributed by atoms with van der Waals surface area (Å²) in [5, 5.41) is 4.25. The minimum atomic E-state index is 0.537. The monoisotopic (exact) mass is 221 g/mol. The van der Waals surface area contributed by atoms with Crippen molar-refractivity contribution in [2.45, 2.75) is 43.9 Å². The average Bonchev–Trinajstić information content (AvgIpc) is 2.53. The molecule has 1 aromatic carbocycles. The Morgan fingerprint density at radius 1 is 1.27 bits per heavy atom. The van der Waals surface area contributed by atoms with Gasteiger partial charge in [0.2, 0.25) is 0 Å². The van der Waals surface area contributed by atoms with E-state index in [1.54, 1.807) is 0 Å². The van der Waals surface area contributed by atoms with Crippen molar-refractivity contribution in [3.05, 3.63) is 28.8 Å². The molecule has 0 aliphatic carbocycles. The Balaban J connectivity index is 2.47. The minimum Gasteiger partial charge on any atom is -0.309 e. The van der Waals surface area contributed by atoms with Gasteiger partial charge < -0.3 is 5.32 Å². The van der Waals surface area contributed by atoms with E-state index in [0.717, 1.165) is 6.54 Å². The molecule has 0 amide bonds. The van der Waals surface area contributed by atoms with Crippen molar-refractivity contribution in [2.75, 3.05) is 6.54 Å². The zero-order valence-corrected chi connectivity index (χ0v) is 10.7. The first kappa shape index (κ1) is 11.0. The Hall–Kier alpha value is -0.470. The van der Waals surface area contributed by atoms with E-state index in [2.05, 4.69) is 45.1 Å². The second-order valence-corrected chi connectivity index (χ2v) is 5.69. The lowest BCUT2D eigenvalue weighted by Crippen LogP contribution is -2.25. The van der Waals surface area contributed by atoms with Gasteiger partial charge in [-0.15, -0.1) is 11.8 Å². The standard InChI is InChI=1S/C13H19NS/c1-5-14-12-10(4)15-13-9(3)7-6-8(2)11(12)13/h6-7,10,12,14H,5H2,1-4H3. The summed E-state index contributed by atoms with van der Waals surface area (Å²) in [4.78, 5) is 1.51. The molecule has 2 unspecified atom stereocenters. The number of fused-ring (bicyclic) bond motifs is 1. The minimum absolute atomic E-state index is 0.537. The highest BCUT2D eigenvalue weighted by Crippen LogP contribution is 2.46. The highest BCUT2D eigenvalue weighted by Gasteiger charge is 2.31. The zero-order chi connectivity index (χ0) is 11.0. The lowest BCUT2D eigenvalue weighted by atomic mass is 9.97. The van der Waals surface area contributed by atoms with Gasteiger partial charge >= 0.3 is 0 Å². The molecular weight excluding hydrogens is 202 g/mol. The van der Waals surface area contributed by atoms with E-state index in [4.69, 9.17) is 0 Å². The molecule has 1 nitrogen and oxygen atoms in total. The number of rotatable bonds is 2. The molecule has 82 valence electrons. The summed E-state index contributed by atoms with van der Waals surface area (Å²) in [6.07, 6.45) is 0. The molecule has 1 N–H and O–H groups in total. The van der Waals surface area contributed by atoms with Gasteiger partial charge in [0, 0.05) is 16.2 Å².